The first-order valence-electron chi connectivity index (χ1n) is 6.42. The zero-order chi connectivity index (χ0) is 16.3. The van der Waals surface area contributed by atoms with Gasteiger partial charge >= 0.3 is 0 Å². The molecule has 22 heavy (non-hydrogen) atoms. The summed E-state index contributed by atoms with van der Waals surface area (Å²) in [5.74, 6) is 0.159. The van der Waals surface area contributed by atoms with E-state index >= 15 is 0 Å². The van der Waals surface area contributed by atoms with Gasteiger partial charge in [0.05, 0.1) is 18.7 Å². The number of hydrogen-bond donors (Lipinski definition) is 1. The number of ether oxygens (including phenoxy) is 1. The van der Waals surface area contributed by atoms with Crippen LogP contribution in [0.2, 0.25) is 0 Å². The number of benzene rings is 1. The van der Waals surface area contributed by atoms with Gasteiger partial charge in [-0.1, -0.05) is 13.8 Å². The molecule has 0 fully saturated rings. The molecule has 0 saturated carbocycles. The Balaban J connectivity index is 0.00000441. The van der Waals surface area contributed by atoms with Crippen LogP contribution in [0.5, 0.6) is 5.75 Å². The monoisotopic (exact) mass is 347 g/mol. The zero-order valence-electron chi connectivity index (χ0n) is 13.2. The molecule has 2 N–H and O–H groups in total. The number of methoxy groups -OCH3 is 1. The van der Waals surface area contributed by atoms with E-state index in [1.54, 1.807) is 0 Å². The van der Waals surface area contributed by atoms with Crippen molar-refractivity contribution >= 4 is 22.4 Å². The van der Waals surface area contributed by atoms with Gasteiger partial charge in [-0.05, 0) is 30.2 Å². The van der Waals surface area contributed by atoms with Gasteiger partial charge in [0.25, 0.3) is 0 Å². The van der Waals surface area contributed by atoms with Crippen molar-refractivity contribution in [3.8, 4) is 11.8 Å². The van der Waals surface area contributed by atoms with Crippen LogP contribution in [0.15, 0.2) is 23.1 Å². The standard InChI is InChI=1S/C14H21N3O3S.ClH/c1-14(2,9-16)10-17(3)21(18,19)13-6-5-11(8-15)7-12(13)20-4;/h5-7H,9-10,16H2,1-4H3;1H. The second kappa shape index (κ2) is 7.79. The minimum atomic E-state index is -3.71. The summed E-state index contributed by atoms with van der Waals surface area (Å²) < 4.78 is 31.6. The van der Waals surface area contributed by atoms with Gasteiger partial charge in [0.15, 0.2) is 0 Å². The summed E-state index contributed by atoms with van der Waals surface area (Å²) in [4.78, 5) is 0.0410. The molecule has 0 aliphatic heterocycles. The molecule has 0 aromatic heterocycles. The van der Waals surface area contributed by atoms with Crippen molar-refractivity contribution in [2.75, 3.05) is 27.2 Å². The van der Waals surface area contributed by atoms with Crippen molar-refractivity contribution in [1.29, 1.82) is 5.26 Å². The lowest BCUT2D eigenvalue weighted by Gasteiger charge is -2.28. The maximum absolute atomic E-state index is 12.6. The highest BCUT2D eigenvalue weighted by molar-refractivity contribution is 7.89. The second-order valence-corrected chi connectivity index (χ2v) is 7.62. The number of sulfonamides is 1. The third-order valence-corrected chi connectivity index (χ3v) is 5.03. The average Bonchev–Trinajstić information content (AvgIpc) is 2.45. The topological polar surface area (TPSA) is 96.4 Å². The first kappa shape index (κ1) is 20.7. The summed E-state index contributed by atoms with van der Waals surface area (Å²) in [6, 6.07) is 6.21. The normalized spacial score (nSPS) is 11.7. The molecule has 124 valence electrons. The van der Waals surface area contributed by atoms with E-state index < -0.39 is 10.0 Å². The van der Waals surface area contributed by atoms with E-state index in [1.807, 2.05) is 19.9 Å². The fourth-order valence-electron chi connectivity index (χ4n) is 1.87. The summed E-state index contributed by atoms with van der Waals surface area (Å²) >= 11 is 0. The highest BCUT2D eigenvalue weighted by Crippen LogP contribution is 2.28. The van der Waals surface area contributed by atoms with E-state index in [0.717, 1.165) is 0 Å². The van der Waals surface area contributed by atoms with E-state index in [4.69, 9.17) is 15.7 Å². The Morgan fingerprint density at radius 2 is 2.00 bits per heavy atom. The molecule has 1 aromatic carbocycles. The van der Waals surface area contributed by atoms with Gasteiger partial charge in [-0.2, -0.15) is 5.26 Å². The van der Waals surface area contributed by atoms with Crippen LogP contribution < -0.4 is 10.5 Å². The SMILES string of the molecule is COc1cc(C#N)ccc1S(=O)(=O)N(C)CC(C)(C)CN.Cl. The summed E-state index contributed by atoms with van der Waals surface area (Å²) in [6.45, 7) is 4.45. The van der Waals surface area contributed by atoms with Crippen LogP contribution >= 0.6 is 12.4 Å². The fraction of sp³-hybridized carbons (Fsp3) is 0.500. The van der Waals surface area contributed by atoms with Gasteiger partial charge in [-0.3, -0.25) is 0 Å². The molecule has 0 radical (unpaired) electrons. The number of nitrogens with two attached hydrogens (primary N) is 1. The summed E-state index contributed by atoms with van der Waals surface area (Å²) in [7, 11) is -0.828. The minimum absolute atomic E-state index is 0. The lowest BCUT2D eigenvalue weighted by atomic mass is 9.94. The molecule has 0 bridgehead atoms. The van der Waals surface area contributed by atoms with Crippen molar-refractivity contribution in [2.45, 2.75) is 18.7 Å². The third kappa shape index (κ3) is 4.58. The maximum Gasteiger partial charge on any atom is 0.246 e. The molecule has 0 aliphatic carbocycles. The predicted octanol–water partition coefficient (Wildman–Crippen LogP) is 1.59. The van der Waals surface area contributed by atoms with E-state index in [1.165, 1.54) is 36.7 Å². The second-order valence-electron chi connectivity index (χ2n) is 5.61. The van der Waals surface area contributed by atoms with Crippen LogP contribution in [0.4, 0.5) is 0 Å². The largest absolute Gasteiger partial charge is 0.495 e. The van der Waals surface area contributed by atoms with E-state index in [0.29, 0.717) is 12.1 Å². The van der Waals surface area contributed by atoms with Crippen LogP contribution in [0.25, 0.3) is 0 Å². The van der Waals surface area contributed by atoms with Crippen LogP contribution in [0.1, 0.15) is 19.4 Å². The molecule has 1 aromatic rings. The molecular formula is C14H22ClN3O3S. The molecule has 0 saturated heterocycles. The smallest absolute Gasteiger partial charge is 0.246 e. The average molecular weight is 348 g/mol. The van der Waals surface area contributed by atoms with Crippen molar-refractivity contribution in [2.24, 2.45) is 11.1 Å². The van der Waals surface area contributed by atoms with Crippen molar-refractivity contribution < 1.29 is 13.2 Å². The molecule has 0 aliphatic rings. The Morgan fingerprint density at radius 3 is 2.45 bits per heavy atom. The number of nitrogens with zero attached hydrogens (tertiary/aromatic N) is 2. The molecular weight excluding hydrogens is 326 g/mol. The maximum atomic E-state index is 12.6. The Kier molecular flexibility index (Phi) is 7.32. The molecule has 6 nitrogen and oxygen atoms in total. The Bertz CT molecular complexity index is 654. The highest BCUT2D eigenvalue weighted by Gasteiger charge is 2.29. The fourth-order valence-corrected chi connectivity index (χ4v) is 3.36. The number of hydrogen-bond acceptors (Lipinski definition) is 5. The van der Waals surface area contributed by atoms with E-state index in [2.05, 4.69) is 0 Å². The van der Waals surface area contributed by atoms with Crippen LogP contribution in [0, 0.1) is 16.7 Å². The van der Waals surface area contributed by atoms with Gasteiger partial charge in [-0.15, -0.1) is 12.4 Å². The van der Waals surface area contributed by atoms with Gasteiger partial charge < -0.3 is 10.5 Å². The van der Waals surface area contributed by atoms with Crippen LogP contribution in [-0.2, 0) is 10.0 Å². The summed E-state index contributed by atoms with van der Waals surface area (Å²) in [5, 5.41) is 8.87. The lowest BCUT2D eigenvalue weighted by Crippen LogP contribution is -2.39. The number of halogens is 1. The zero-order valence-corrected chi connectivity index (χ0v) is 14.8. The van der Waals surface area contributed by atoms with Crippen molar-refractivity contribution in [3.05, 3.63) is 23.8 Å². The van der Waals surface area contributed by atoms with Gasteiger partial charge in [0.1, 0.15) is 10.6 Å². The number of rotatable bonds is 6. The molecule has 0 spiro atoms. The predicted molar refractivity (Wildman–Crippen MR) is 87.6 cm³/mol. The molecule has 0 atom stereocenters. The Labute approximate surface area is 138 Å². The highest BCUT2D eigenvalue weighted by atomic mass is 35.5. The quantitative estimate of drug-likeness (QED) is 0.842. The molecule has 1 rings (SSSR count). The Hall–Kier alpha value is -1.33. The molecule has 0 amide bonds. The third-order valence-electron chi connectivity index (χ3n) is 3.18. The first-order valence-corrected chi connectivity index (χ1v) is 7.86. The number of nitriles is 1. The van der Waals surface area contributed by atoms with E-state index in [9.17, 15) is 8.42 Å². The van der Waals surface area contributed by atoms with Gasteiger partial charge in [0.2, 0.25) is 10.0 Å². The van der Waals surface area contributed by atoms with Crippen molar-refractivity contribution in [3.63, 3.8) is 0 Å². The Morgan fingerprint density at radius 1 is 1.41 bits per heavy atom. The van der Waals surface area contributed by atoms with Crippen LogP contribution in [0.3, 0.4) is 0 Å². The molecule has 0 heterocycles. The lowest BCUT2D eigenvalue weighted by molar-refractivity contribution is 0.291. The van der Waals surface area contributed by atoms with Gasteiger partial charge in [0, 0.05) is 13.6 Å². The van der Waals surface area contributed by atoms with Crippen molar-refractivity contribution in [1.82, 2.24) is 4.31 Å². The summed E-state index contributed by atoms with van der Waals surface area (Å²) in [5.41, 5.74) is 5.66. The minimum Gasteiger partial charge on any atom is -0.495 e. The summed E-state index contributed by atoms with van der Waals surface area (Å²) in [6.07, 6.45) is 0. The van der Waals surface area contributed by atoms with E-state index in [-0.39, 0.29) is 35.0 Å². The van der Waals surface area contributed by atoms with Gasteiger partial charge in [-0.25, -0.2) is 12.7 Å². The first-order chi connectivity index (χ1) is 9.67. The van der Waals surface area contributed by atoms with Crippen LogP contribution in [-0.4, -0.2) is 40.0 Å². The molecule has 0 unspecified atom stereocenters. The molecule has 8 heteroatoms.